The average Bonchev–Trinajstić information content (AvgIpc) is 2.18. The molecular formula is C11H17NO. The Hall–Kier alpha value is -0.860. The molecule has 0 saturated carbocycles. The molecule has 2 atom stereocenters. The predicted molar refractivity (Wildman–Crippen MR) is 54.5 cm³/mol. The zero-order valence-corrected chi connectivity index (χ0v) is 8.20. The molecule has 0 aliphatic rings. The Morgan fingerprint density at radius 3 is 2.46 bits per heavy atom. The van der Waals surface area contributed by atoms with Gasteiger partial charge in [-0.1, -0.05) is 37.3 Å². The van der Waals surface area contributed by atoms with Crippen molar-refractivity contribution in [1.29, 1.82) is 0 Å². The number of nitrogens with one attached hydrogen (secondary N) is 1. The highest BCUT2D eigenvalue weighted by Crippen LogP contribution is 2.20. The van der Waals surface area contributed by atoms with Gasteiger partial charge in [-0.05, 0) is 18.5 Å². The van der Waals surface area contributed by atoms with Gasteiger partial charge in [0.15, 0.2) is 0 Å². The van der Waals surface area contributed by atoms with Gasteiger partial charge in [-0.3, -0.25) is 0 Å². The van der Waals surface area contributed by atoms with Crippen LogP contribution >= 0.6 is 0 Å². The van der Waals surface area contributed by atoms with Gasteiger partial charge in [0.1, 0.15) is 0 Å². The van der Waals surface area contributed by atoms with Crippen LogP contribution < -0.4 is 5.32 Å². The maximum absolute atomic E-state index is 9.88. The maximum Gasteiger partial charge on any atom is 0.0827 e. The molecule has 2 N–H and O–H groups in total. The van der Waals surface area contributed by atoms with E-state index in [9.17, 15) is 5.11 Å². The molecule has 0 bridgehead atoms. The second-order valence-corrected chi connectivity index (χ2v) is 3.39. The van der Waals surface area contributed by atoms with E-state index in [0.717, 1.165) is 12.1 Å². The number of aliphatic hydroxyl groups is 1. The van der Waals surface area contributed by atoms with Gasteiger partial charge < -0.3 is 10.4 Å². The molecule has 0 amide bonds. The molecule has 1 aromatic rings. The van der Waals surface area contributed by atoms with Crippen LogP contribution in [0.3, 0.4) is 0 Å². The Morgan fingerprint density at radius 2 is 1.92 bits per heavy atom. The van der Waals surface area contributed by atoms with Crippen LogP contribution in [0.4, 0.5) is 0 Å². The normalized spacial score (nSPS) is 15.3. The number of aliphatic hydroxyl groups excluding tert-OH is 1. The molecule has 13 heavy (non-hydrogen) atoms. The lowest BCUT2D eigenvalue weighted by atomic mass is 9.97. The van der Waals surface area contributed by atoms with E-state index in [1.165, 1.54) is 0 Å². The van der Waals surface area contributed by atoms with Crippen molar-refractivity contribution in [2.45, 2.75) is 13.0 Å². The third kappa shape index (κ3) is 2.83. The van der Waals surface area contributed by atoms with Crippen molar-refractivity contribution in [1.82, 2.24) is 5.32 Å². The van der Waals surface area contributed by atoms with Crippen LogP contribution in [-0.4, -0.2) is 18.7 Å². The topological polar surface area (TPSA) is 32.3 Å². The Kier molecular flexibility index (Phi) is 3.93. The van der Waals surface area contributed by atoms with E-state index in [4.69, 9.17) is 0 Å². The molecule has 0 aliphatic carbocycles. The van der Waals surface area contributed by atoms with Crippen molar-refractivity contribution >= 4 is 0 Å². The summed E-state index contributed by atoms with van der Waals surface area (Å²) in [5, 5.41) is 12.9. The van der Waals surface area contributed by atoms with E-state index in [1.807, 2.05) is 44.3 Å². The zero-order valence-electron chi connectivity index (χ0n) is 8.20. The molecule has 0 spiro atoms. The first-order valence-corrected chi connectivity index (χ1v) is 4.63. The molecule has 72 valence electrons. The predicted octanol–water partition coefficient (Wildman–Crippen LogP) is 1.58. The summed E-state index contributed by atoms with van der Waals surface area (Å²) in [6.07, 6.45) is -0.367. The van der Waals surface area contributed by atoms with Gasteiger partial charge in [0.05, 0.1) is 6.10 Å². The van der Waals surface area contributed by atoms with Crippen molar-refractivity contribution in [3.63, 3.8) is 0 Å². The summed E-state index contributed by atoms with van der Waals surface area (Å²) in [6, 6.07) is 9.77. The highest BCUT2D eigenvalue weighted by Gasteiger charge is 2.14. The standard InChI is InChI=1S/C11H17NO/c1-9(8-12-2)11(13)10-6-4-3-5-7-10/h3-7,9,11-13H,8H2,1-2H3/t9?,11-/m1/s1. The van der Waals surface area contributed by atoms with Crippen molar-refractivity contribution < 1.29 is 5.11 Å². The van der Waals surface area contributed by atoms with Gasteiger partial charge in [0, 0.05) is 6.54 Å². The Labute approximate surface area is 79.6 Å². The Morgan fingerprint density at radius 1 is 1.31 bits per heavy atom. The summed E-state index contributed by atoms with van der Waals surface area (Å²) in [5.41, 5.74) is 0.991. The quantitative estimate of drug-likeness (QED) is 0.735. The summed E-state index contributed by atoms with van der Waals surface area (Å²) >= 11 is 0. The van der Waals surface area contributed by atoms with Gasteiger partial charge in [-0.25, -0.2) is 0 Å². The van der Waals surface area contributed by atoms with Crippen LogP contribution in [0.5, 0.6) is 0 Å². The van der Waals surface area contributed by atoms with Crippen molar-refractivity contribution in [3.8, 4) is 0 Å². The van der Waals surface area contributed by atoms with Crippen LogP contribution in [0.2, 0.25) is 0 Å². The Bertz CT molecular complexity index is 235. The molecule has 1 rings (SSSR count). The average molecular weight is 179 g/mol. The number of rotatable bonds is 4. The van der Waals surface area contributed by atoms with Gasteiger partial charge in [0.25, 0.3) is 0 Å². The van der Waals surface area contributed by atoms with E-state index in [1.54, 1.807) is 0 Å². The highest BCUT2D eigenvalue weighted by molar-refractivity contribution is 5.17. The largest absolute Gasteiger partial charge is 0.388 e. The van der Waals surface area contributed by atoms with Gasteiger partial charge in [-0.15, -0.1) is 0 Å². The summed E-state index contributed by atoms with van der Waals surface area (Å²) < 4.78 is 0. The fourth-order valence-electron chi connectivity index (χ4n) is 1.41. The second kappa shape index (κ2) is 5.00. The van der Waals surface area contributed by atoms with E-state index >= 15 is 0 Å². The van der Waals surface area contributed by atoms with Crippen LogP contribution in [0, 0.1) is 5.92 Å². The van der Waals surface area contributed by atoms with E-state index < -0.39 is 0 Å². The summed E-state index contributed by atoms with van der Waals surface area (Å²) in [7, 11) is 1.90. The van der Waals surface area contributed by atoms with Crippen molar-refractivity contribution in [2.24, 2.45) is 5.92 Å². The first-order chi connectivity index (χ1) is 6.25. The third-order valence-electron chi connectivity index (χ3n) is 2.21. The fraction of sp³-hybridized carbons (Fsp3) is 0.455. The van der Waals surface area contributed by atoms with Crippen LogP contribution in [0.15, 0.2) is 30.3 Å². The van der Waals surface area contributed by atoms with E-state index in [2.05, 4.69) is 5.32 Å². The lowest BCUT2D eigenvalue weighted by molar-refractivity contribution is 0.118. The number of benzene rings is 1. The summed E-state index contributed by atoms with van der Waals surface area (Å²) in [6.45, 7) is 2.87. The third-order valence-corrected chi connectivity index (χ3v) is 2.21. The molecule has 2 heteroatoms. The molecule has 0 saturated heterocycles. The first-order valence-electron chi connectivity index (χ1n) is 4.63. The van der Waals surface area contributed by atoms with Crippen LogP contribution in [0.25, 0.3) is 0 Å². The van der Waals surface area contributed by atoms with Crippen LogP contribution in [0.1, 0.15) is 18.6 Å². The molecule has 0 aliphatic heterocycles. The number of hydrogen-bond donors (Lipinski definition) is 2. The zero-order chi connectivity index (χ0) is 9.68. The maximum atomic E-state index is 9.88. The minimum atomic E-state index is -0.367. The monoisotopic (exact) mass is 179 g/mol. The Balaban J connectivity index is 2.62. The SMILES string of the molecule is CNCC(C)[C@@H](O)c1ccccc1. The minimum Gasteiger partial charge on any atom is -0.388 e. The second-order valence-electron chi connectivity index (χ2n) is 3.39. The molecule has 1 unspecified atom stereocenters. The fourth-order valence-corrected chi connectivity index (χ4v) is 1.41. The van der Waals surface area contributed by atoms with Gasteiger partial charge in [0.2, 0.25) is 0 Å². The lowest BCUT2D eigenvalue weighted by Gasteiger charge is -2.18. The smallest absolute Gasteiger partial charge is 0.0827 e. The minimum absolute atomic E-state index is 0.243. The van der Waals surface area contributed by atoms with Crippen molar-refractivity contribution in [2.75, 3.05) is 13.6 Å². The number of hydrogen-bond acceptors (Lipinski definition) is 2. The van der Waals surface area contributed by atoms with Gasteiger partial charge >= 0.3 is 0 Å². The lowest BCUT2D eigenvalue weighted by Crippen LogP contribution is -2.22. The van der Waals surface area contributed by atoms with Crippen LogP contribution in [-0.2, 0) is 0 Å². The molecule has 0 aromatic heterocycles. The summed E-state index contributed by atoms with van der Waals surface area (Å²) in [5.74, 6) is 0.243. The molecule has 0 radical (unpaired) electrons. The molecule has 0 fully saturated rings. The van der Waals surface area contributed by atoms with Gasteiger partial charge in [-0.2, -0.15) is 0 Å². The summed E-state index contributed by atoms with van der Waals surface area (Å²) in [4.78, 5) is 0. The van der Waals surface area contributed by atoms with E-state index in [0.29, 0.717) is 0 Å². The van der Waals surface area contributed by atoms with E-state index in [-0.39, 0.29) is 12.0 Å². The van der Waals surface area contributed by atoms with Crippen molar-refractivity contribution in [3.05, 3.63) is 35.9 Å². The molecule has 1 aromatic carbocycles. The molecule has 0 heterocycles. The molecular weight excluding hydrogens is 162 g/mol. The highest BCUT2D eigenvalue weighted by atomic mass is 16.3. The molecule has 2 nitrogen and oxygen atoms in total. The first kappa shape index (κ1) is 10.2.